The van der Waals surface area contributed by atoms with Gasteiger partial charge in [0.15, 0.2) is 0 Å². The summed E-state index contributed by atoms with van der Waals surface area (Å²) < 4.78 is 12.9. The number of aryl methyl sites for hydroxylation is 1. The van der Waals surface area contributed by atoms with Crippen LogP contribution in [0.1, 0.15) is 44.0 Å². The molecule has 0 aliphatic heterocycles. The molecule has 6 heteroatoms. The van der Waals surface area contributed by atoms with Crippen LogP contribution < -0.4 is 10.4 Å². The van der Waals surface area contributed by atoms with Crippen LogP contribution in [0.25, 0.3) is 0 Å². The van der Waals surface area contributed by atoms with E-state index in [0.717, 1.165) is 29.7 Å². The standard InChI is InChI=1S/C16H14FNO3S/c17-10-7-5-9(6-8-10)14(19)18-15-13(16(20)21)11-3-1-2-4-12(11)22-15/h5-8H,1-4H2,(H,18,19)(H,20,21)/p-1. The Morgan fingerprint density at radius 2 is 1.82 bits per heavy atom. The first-order valence-corrected chi connectivity index (χ1v) is 7.80. The molecule has 1 N–H and O–H groups in total. The summed E-state index contributed by atoms with van der Waals surface area (Å²) in [5.41, 5.74) is 1.15. The van der Waals surface area contributed by atoms with E-state index in [9.17, 15) is 19.1 Å². The van der Waals surface area contributed by atoms with Crippen molar-refractivity contribution in [3.05, 3.63) is 51.7 Å². The van der Waals surface area contributed by atoms with E-state index in [1.165, 1.54) is 35.6 Å². The van der Waals surface area contributed by atoms with Crippen molar-refractivity contribution in [3.8, 4) is 0 Å². The Kier molecular flexibility index (Phi) is 3.94. The number of carbonyl (C=O) groups is 2. The SMILES string of the molecule is O=C(Nc1sc2c(c1C(=O)[O-])CCCC2)c1ccc(F)cc1. The lowest BCUT2D eigenvalue weighted by molar-refractivity contribution is -0.254. The highest BCUT2D eigenvalue weighted by atomic mass is 32.1. The molecule has 22 heavy (non-hydrogen) atoms. The van der Waals surface area contributed by atoms with Gasteiger partial charge in [-0.25, -0.2) is 4.39 Å². The Hall–Kier alpha value is -2.21. The van der Waals surface area contributed by atoms with E-state index in [4.69, 9.17) is 0 Å². The maximum absolute atomic E-state index is 12.9. The van der Waals surface area contributed by atoms with Gasteiger partial charge in [0.1, 0.15) is 10.8 Å². The normalized spacial score (nSPS) is 13.5. The number of aromatic carboxylic acids is 1. The topological polar surface area (TPSA) is 69.2 Å². The lowest BCUT2D eigenvalue weighted by atomic mass is 9.95. The number of anilines is 1. The van der Waals surface area contributed by atoms with Crippen LogP contribution in [-0.2, 0) is 12.8 Å². The lowest BCUT2D eigenvalue weighted by Gasteiger charge is -2.13. The molecule has 0 radical (unpaired) electrons. The third kappa shape index (κ3) is 2.74. The third-order valence-electron chi connectivity index (χ3n) is 3.71. The van der Waals surface area contributed by atoms with E-state index < -0.39 is 17.7 Å². The highest BCUT2D eigenvalue weighted by molar-refractivity contribution is 7.17. The van der Waals surface area contributed by atoms with Gasteiger partial charge in [0.25, 0.3) is 5.91 Å². The van der Waals surface area contributed by atoms with E-state index in [1.807, 2.05) is 0 Å². The first kappa shape index (κ1) is 14.7. The number of benzene rings is 1. The van der Waals surface area contributed by atoms with E-state index in [1.54, 1.807) is 0 Å². The molecule has 0 saturated carbocycles. The summed E-state index contributed by atoms with van der Waals surface area (Å²) in [5, 5.41) is 14.3. The smallest absolute Gasteiger partial charge is 0.256 e. The number of thiophene rings is 1. The zero-order valence-corrected chi connectivity index (χ0v) is 12.5. The van der Waals surface area contributed by atoms with Crippen LogP contribution in [0, 0.1) is 5.82 Å². The molecule has 2 aromatic rings. The summed E-state index contributed by atoms with van der Waals surface area (Å²) in [5.74, 6) is -2.16. The van der Waals surface area contributed by atoms with Crippen molar-refractivity contribution >= 4 is 28.2 Å². The van der Waals surface area contributed by atoms with E-state index >= 15 is 0 Å². The monoisotopic (exact) mass is 318 g/mol. The molecule has 3 rings (SSSR count). The predicted molar refractivity (Wildman–Crippen MR) is 79.6 cm³/mol. The second kappa shape index (κ2) is 5.88. The summed E-state index contributed by atoms with van der Waals surface area (Å²) >= 11 is 1.29. The zero-order valence-electron chi connectivity index (χ0n) is 11.6. The molecule has 114 valence electrons. The van der Waals surface area contributed by atoms with Crippen molar-refractivity contribution in [1.82, 2.24) is 0 Å². The van der Waals surface area contributed by atoms with Crippen molar-refractivity contribution in [1.29, 1.82) is 0 Å². The molecule has 0 saturated heterocycles. The Morgan fingerprint density at radius 3 is 2.50 bits per heavy atom. The van der Waals surface area contributed by atoms with Gasteiger partial charge in [0, 0.05) is 16.0 Å². The van der Waals surface area contributed by atoms with E-state index in [2.05, 4.69) is 5.32 Å². The van der Waals surface area contributed by atoms with Gasteiger partial charge in [-0.2, -0.15) is 0 Å². The highest BCUT2D eigenvalue weighted by Crippen LogP contribution is 2.37. The van der Waals surface area contributed by atoms with E-state index in [0.29, 0.717) is 11.4 Å². The molecule has 1 amide bonds. The average molecular weight is 318 g/mol. The van der Waals surface area contributed by atoms with Gasteiger partial charge >= 0.3 is 0 Å². The number of amides is 1. The molecule has 0 spiro atoms. The molecule has 0 unspecified atom stereocenters. The number of hydrogen-bond donors (Lipinski definition) is 1. The minimum Gasteiger partial charge on any atom is -0.545 e. The minimum atomic E-state index is -1.27. The number of fused-ring (bicyclic) bond motifs is 1. The van der Waals surface area contributed by atoms with Gasteiger partial charge in [-0.1, -0.05) is 0 Å². The molecular weight excluding hydrogens is 305 g/mol. The molecule has 1 aliphatic carbocycles. The molecule has 1 aromatic carbocycles. The van der Waals surface area contributed by atoms with Crippen LogP contribution >= 0.6 is 11.3 Å². The van der Waals surface area contributed by atoms with Crippen LogP contribution in [0.2, 0.25) is 0 Å². The van der Waals surface area contributed by atoms with Crippen LogP contribution in [0.5, 0.6) is 0 Å². The van der Waals surface area contributed by atoms with Crippen LogP contribution in [0.4, 0.5) is 9.39 Å². The third-order valence-corrected chi connectivity index (χ3v) is 4.92. The quantitative estimate of drug-likeness (QED) is 0.944. The van der Waals surface area contributed by atoms with Gasteiger partial charge in [-0.05, 0) is 55.5 Å². The Labute approximate surface area is 130 Å². The zero-order chi connectivity index (χ0) is 15.7. The fraction of sp³-hybridized carbons (Fsp3) is 0.250. The van der Waals surface area contributed by atoms with Gasteiger partial charge in [0.2, 0.25) is 0 Å². The maximum Gasteiger partial charge on any atom is 0.256 e. The molecular formula is C16H13FNO3S-. The van der Waals surface area contributed by atoms with Gasteiger partial charge in [-0.15, -0.1) is 11.3 Å². The van der Waals surface area contributed by atoms with Gasteiger partial charge in [-0.3, -0.25) is 4.79 Å². The average Bonchev–Trinajstić information content (AvgIpc) is 2.85. The predicted octanol–water partition coefficient (Wildman–Crippen LogP) is 2.38. The number of hydrogen-bond acceptors (Lipinski definition) is 4. The van der Waals surface area contributed by atoms with Crippen molar-refractivity contribution in [3.63, 3.8) is 0 Å². The Bertz CT molecular complexity index is 737. The summed E-state index contributed by atoms with van der Waals surface area (Å²) in [4.78, 5) is 24.6. The van der Waals surface area contributed by atoms with Crippen LogP contribution in [-0.4, -0.2) is 11.9 Å². The van der Waals surface area contributed by atoms with Crippen molar-refractivity contribution in [2.45, 2.75) is 25.7 Å². The highest BCUT2D eigenvalue weighted by Gasteiger charge is 2.22. The Morgan fingerprint density at radius 1 is 1.14 bits per heavy atom. The van der Waals surface area contributed by atoms with Gasteiger partial charge < -0.3 is 15.2 Å². The lowest BCUT2D eigenvalue weighted by Crippen LogP contribution is -2.25. The summed E-state index contributed by atoms with van der Waals surface area (Å²) in [6, 6.07) is 5.09. The van der Waals surface area contributed by atoms with Crippen molar-refractivity contribution in [2.75, 3.05) is 5.32 Å². The van der Waals surface area contributed by atoms with Crippen LogP contribution in [0.3, 0.4) is 0 Å². The number of carboxylic acid groups (broad SMARTS) is 1. The fourth-order valence-corrected chi connectivity index (χ4v) is 3.92. The number of nitrogens with one attached hydrogen (secondary N) is 1. The van der Waals surface area contributed by atoms with Crippen molar-refractivity contribution in [2.24, 2.45) is 0 Å². The summed E-state index contributed by atoms with van der Waals surface area (Å²) in [6.45, 7) is 0. The fourth-order valence-electron chi connectivity index (χ4n) is 2.65. The van der Waals surface area contributed by atoms with E-state index in [-0.39, 0.29) is 11.1 Å². The minimum absolute atomic E-state index is 0.0927. The second-order valence-electron chi connectivity index (χ2n) is 5.16. The van der Waals surface area contributed by atoms with Crippen LogP contribution in [0.15, 0.2) is 24.3 Å². The second-order valence-corrected chi connectivity index (χ2v) is 6.27. The largest absolute Gasteiger partial charge is 0.545 e. The summed E-state index contributed by atoms with van der Waals surface area (Å²) in [6.07, 6.45) is 3.48. The number of rotatable bonds is 3. The molecule has 0 atom stereocenters. The molecule has 4 nitrogen and oxygen atoms in total. The van der Waals surface area contributed by atoms with Gasteiger partial charge in [0.05, 0.1) is 5.97 Å². The number of carboxylic acids is 1. The summed E-state index contributed by atoms with van der Waals surface area (Å²) in [7, 11) is 0. The molecule has 0 fully saturated rings. The maximum atomic E-state index is 12.9. The molecule has 1 aliphatic rings. The first-order valence-electron chi connectivity index (χ1n) is 6.99. The van der Waals surface area contributed by atoms with Crippen molar-refractivity contribution < 1.29 is 19.1 Å². The first-order chi connectivity index (χ1) is 10.6. The molecule has 1 heterocycles. The number of halogens is 1. The Balaban J connectivity index is 1.91. The molecule has 0 bridgehead atoms. The number of carbonyl (C=O) groups excluding carboxylic acids is 2. The molecule has 1 aromatic heterocycles.